The second kappa shape index (κ2) is 7.63. The summed E-state index contributed by atoms with van der Waals surface area (Å²) in [5.74, 6) is 0.717. The molecule has 0 N–H and O–H groups in total. The third-order valence-corrected chi connectivity index (χ3v) is 5.25. The molecule has 2 atom stereocenters. The lowest BCUT2D eigenvalue weighted by atomic mass is 9.78. The zero-order valence-corrected chi connectivity index (χ0v) is 14.1. The number of hydrogen-bond acceptors (Lipinski definition) is 5. The Bertz CT molecular complexity index is 673. The number of ether oxygens (including phenoxy) is 1. The quantitative estimate of drug-likeness (QED) is 0.464. The van der Waals surface area contributed by atoms with Crippen LogP contribution in [0.25, 0.3) is 0 Å². The molecule has 1 aliphatic carbocycles. The number of fused-ring (bicyclic) bond motifs is 1. The molecule has 134 valence electrons. The predicted molar refractivity (Wildman–Crippen MR) is 90.7 cm³/mol. The van der Waals surface area contributed by atoms with Crippen LogP contribution < -0.4 is 4.74 Å². The monoisotopic (exact) mass is 346 g/mol. The van der Waals surface area contributed by atoms with Crippen LogP contribution in [0.4, 0.5) is 5.69 Å². The fraction of sp³-hybridized carbons (Fsp3) is 0.556. The molecular weight excluding hydrogens is 324 g/mol. The first-order valence-corrected chi connectivity index (χ1v) is 8.76. The molecule has 1 aromatic carbocycles. The van der Waals surface area contributed by atoms with Gasteiger partial charge in [0, 0.05) is 24.7 Å². The predicted octanol–water partition coefficient (Wildman–Crippen LogP) is 2.97. The van der Waals surface area contributed by atoms with Crippen LogP contribution in [0.3, 0.4) is 0 Å². The first kappa shape index (κ1) is 17.4. The lowest BCUT2D eigenvalue weighted by Crippen LogP contribution is -2.51. The highest BCUT2D eigenvalue weighted by molar-refractivity contribution is 5.82. The zero-order chi connectivity index (χ0) is 17.8. The number of likely N-dealkylation sites (tertiary alicyclic amines) is 1. The van der Waals surface area contributed by atoms with Gasteiger partial charge in [-0.3, -0.25) is 19.7 Å². The van der Waals surface area contributed by atoms with Crippen molar-refractivity contribution in [1.29, 1.82) is 0 Å². The number of carbonyl (C=O) groups excluding carboxylic acids is 2. The van der Waals surface area contributed by atoms with E-state index in [0.717, 1.165) is 31.9 Å². The Morgan fingerprint density at radius 3 is 2.80 bits per heavy atom. The number of carbonyl (C=O) groups is 2. The standard InChI is InChI=1S/C18H22N2O5/c21-11-14-10-15(20(23)24)7-8-17(14)25-12-18(22)19-9-3-5-13-4-1-2-6-16(13)19/h7-8,10-11,13,16H,1-6,9,12H2/t13-,16+/m0/s1. The number of aldehydes is 1. The van der Waals surface area contributed by atoms with Crippen LogP contribution in [0.1, 0.15) is 48.9 Å². The molecule has 2 aliphatic rings. The van der Waals surface area contributed by atoms with Gasteiger partial charge in [0.2, 0.25) is 0 Å². The molecule has 1 heterocycles. The zero-order valence-electron chi connectivity index (χ0n) is 14.1. The Balaban J connectivity index is 1.65. The molecule has 1 amide bonds. The van der Waals surface area contributed by atoms with E-state index in [0.29, 0.717) is 18.2 Å². The number of piperidine rings is 1. The number of non-ortho nitro benzene ring substituents is 1. The van der Waals surface area contributed by atoms with Crippen LogP contribution in [0.15, 0.2) is 18.2 Å². The minimum atomic E-state index is -0.571. The van der Waals surface area contributed by atoms with E-state index in [2.05, 4.69) is 0 Å². The number of nitro groups is 1. The SMILES string of the molecule is O=Cc1cc([N+](=O)[O-])ccc1OCC(=O)N1CCC[C@@H]2CCCC[C@H]21. The van der Waals surface area contributed by atoms with Crippen molar-refractivity contribution in [1.82, 2.24) is 4.90 Å². The Labute approximate surface area is 146 Å². The average molecular weight is 346 g/mol. The third kappa shape index (κ3) is 3.81. The van der Waals surface area contributed by atoms with Crippen molar-refractivity contribution in [3.05, 3.63) is 33.9 Å². The Kier molecular flexibility index (Phi) is 5.31. The van der Waals surface area contributed by atoms with Gasteiger partial charge in [-0.1, -0.05) is 12.8 Å². The summed E-state index contributed by atoms with van der Waals surface area (Å²) >= 11 is 0. The molecule has 7 nitrogen and oxygen atoms in total. The summed E-state index contributed by atoms with van der Waals surface area (Å²) < 4.78 is 5.51. The van der Waals surface area contributed by atoms with E-state index in [9.17, 15) is 19.7 Å². The van der Waals surface area contributed by atoms with Gasteiger partial charge < -0.3 is 9.64 Å². The van der Waals surface area contributed by atoms with Crippen molar-refractivity contribution < 1.29 is 19.2 Å². The van der Waals surface area contributed by atoms with Crippen LogP contribution in [0.5, 0.6) is 5.75 Å². The van der Waals surface area contributed by atoms with Crippen molar-refractivity contribution in [3.8, 4) is 5.75 Å². The molecule has 3 rings (SSSR count). The van der Waals surface area contributed by atoms with Gasteiger partial charge in [-0.2, -0.15) is 0 Å². The second-order valence-electron chi connectivity index (χ2n) is 6.73. The number of nitrogens with zero attached hydrogens (tertiary/aromatic N) is 2. The lowest BCUT2D eigenvalue weighted by Gasteiger charge is -2.44. The van der Waals surface area contributed by atoms with Gasteiger partial charge in [-0.25, -0.2) is 0 Å². The fourth-order valence-corrected chi connectivity index (χ4v) is 4.03. The molecule has 25 heavy (non-hydrogen) atoms. The van der Waals surface area contributed by atoms with Gasteiger partial charge in [0.15, 0.2) is 12.9 Å². The topological polar surface area (TPSA) is 89.7 Å². The largest absolute Gasteiger partial charge is 0.483 e. The highest BCUT2D eigenvalue weighted by atomic mass is 16.6. The number of amides is 1. The summed E-state index contributed by atoms with van der Waals surface area (Å²) in [4.78, 5) is 35.9. The second-order valence-corrected chi connectivity index (χ2v) is 6.73. The van der Waals surface area contributed by atoms with Crippen LogP contribution in [0, 0.1) is 16.0 Å². The molecule has 0 spiro atoms. The maximum Gasteiger partial charge on any atom is 0.270 e. The summed E-state index contributed by atoms with van der Waals surface area (Å²) in [7, 11) is 0. The van der Waals surface area contributed by atoms with Gasteiger partial charge in [-0.15, -0.1) is 0 Å². The molecule has 1 aromatic rings. The van der Waals surface area contributed by atoms with Crippen LogP contribution >= 0.6 is 0 Å². The summed E-state index contributed by atoms with van der Waals surface area (Å²) in [6, 6.07) is 4.10. The molecule has 1 saturated heterocycles. The van der Waals surface area contributed by atoms with Crippen molar-refractivity contribution >= 4 is 17.9 Å². The Morgan fingerprint density at radius 2 is 2.04 bits per heavy atom. The number of nitro benzene ring substituents is 1. The van der Waals surface area contributed by atoms with E-state index in [-0.39, 0.29) is 29.5 Å². The maximum absolute atomic E-state index is 12.6. The molecular formula is C18H22N2O5. The summed E-state index contributed by atoms with van der Waals surface area (Å²) in [5, 5.41) is 10.8. The molecule has 0 radical (unpaired) electrons. The van der Waals surface area contributed by atoms with E-state index >= 15 is 0 Å². The van der Waals surface area contributed by atoms with E-state index < -0.39 is 4.92 Å². The van der Waals surface area contributed by atoms with Gasteiger partial charge in [-0.05, 0) is 37.7 Å². The van der Waals surface area contributed by atoms with E-state index in [1.165, 1.54) is 31.4 Å². The molecule has 7 heteroatoms. The highest BCUT2D eigenvalue weighted by Gasteiger charge is 2.35. The van der Waals surface area contributed by atoms with Crippen LogP contribution in [-0.2, 0) is 4.79 Å². The third-order valence-electron chi connectivity index (χ3n) is 5.25. The van der Waals surface area contributed by atoms with E-state index in [4.69, 9.17) is 4.74 Å². The van der Waals surface area contributed by atoms with E-state index in [1.807, 2.05) is 4.90 Å². The van der Waals surface area contributed by atoms with E-state index in [1.54, 1.807) is 0 Å². The molecule has 0 bridgehead atoms. The van der Waals surface area contributed by atoms with Crippen molar-refractivity contribution in [2.75, 3.05) is 13.2 Å². The van der Waals surface area contributed by atoms with Gasteiger partial charge in [0.1, 0.15) is 5.75 Å². The molecule has 1 aliphatic heterocycles. The van der Waals surface area contributed by atoms with Crippen LogP contribution in [-0.4, -0.2) is 41.2 Å². The summed E-state index contributed by atoms with van der Waals surface area (Å²) in [5.41, 5.74) is -0.0990. The van der Waals surface area contributed by atoms with Gasteiger partial charge in [0.05, 0.1) is 10.5 Å². The van der Waals surface area contributed by atoms with Crippen molar-refractivity contribution in [2.24, 2.45) is 5.92 Å². The maximum atomic E-state index is 12.6. The van der Waals surface area contributed by atoms with Crippen molar-refractivity contribution in [3.63, 3.8) is 0 Å². The normalized spacial score (nSPS) is 22.8. The number of hydrogen-bond donors (Lipinski definition) is 0. The average Bonchev–Trinajstić information content (AvgIpc) is 2.65. The number of benzene rings is 1. The van der Waals surface area contributed by atoms with Gasteiger partial charge in [0.25, 0.3) is 11.6 Å². The Morgan fingerprint density at radius 1 is 1.28 bits per heavy atom. The van der Waals surface area contributed by atoms with Crippen LogP contribution in [0.2, 0.25) is 0 Å². The van der Waals surface area contributed by atoms with Gasteiger partial charge >= 0.3 is 0 Å². The first-order chi connectivity index (χ1) is 12.1. The van der Waals surface area contributed by atoms with Crippen molar-refractivity contribution in [2.45, 2.75) is 44.6 Å². The smallest absolute Gasteiger partial charge is 0.270 e. The number of rotatable bonds is 5. The minimum Gasteiger partial charge on any atom is -0.483 e. The minimum absolute atomic E-state index is 0.0770. The molecule has 2 fully saturated rings. The Hall–Kier alpha value is -2.44. The molecule has 1 saturated carbocycles. The lowest BCUT2D eigenvalue weighted by molar-refractivity contribution is -0.384. The fourth-order valence-electron chi connectivity index (χ4n) is 4.03. The highest BCUT2D eigenvalue weighted by Crippen LogP contribution is 2.35. The first-order valence-electron chi connectivity index (χ1n) is 8.76. The summed E-state index contributed by atoms with van der Waals surface area (Å²) in [6.45, 7) is 0.603. The molecule has 0 aromatic heterocycles. The molecule has 0 unspecified atom stereocenters. The summed E-state index contributed by atoms with van der Waals surface area (Å²) in [6.07, 6.45) is 7.34.